The molecule has 1 saturated carbocycles. The standard InChI is InChI=1S/C14H18N6/c1-9-2-4-10(5-3-9)7-20-8-17-14-12(20)13(16)18-11(6-15)19-14/h8-10H,2-5,7H2,1H3,(H2,16,18,19)/t9-,10-. The number of imidazole rings is 1. The number of hydrogen-bond acceptors (Lipinski definition) is 5. The average molecular weight is 270 g/mol. The minimum atomic E-state index is 0.0757. The van der Waals surface area contributed by atoms with Crippen LogP contribution in [0, 0.1) is 23.2 Å². The van der Waals surface area contributed by atoms with Crippen molar-refractivity contribution in [1.82, 2.24) is 19.5 Å². The van der Waals surface area contributed by atoms with Crippen LogP contribution in [0.1, 0.15) is 38.4 Å². The van der Waals surface area contributed by atoms with Crippen LogP contribution in [0.5, 0.6) is 0 Å². The zero-order valence-corrected chi connectivity index (χ0v) is 11.6. The van der Waals surface area contributed by atoms with Gasteiger partial charge in [-0.15, -0.1) is 0 Å². The lowest BCUT2D eigenvalue weighted by atomic mass is 9.83. The highest BCUT2D eigenvalue weighted by atomic mass is 15.1. The summed E-state index contributed by atoms with van der Waals surface area (Å²) in [5, 5.41) is 8.85. The van der Waals surface area contributed by atoms with E-state index in [1.54, 1.807) is 6.33 Å². The summed E-state index contributed by atoms with van der Waals surface area (Å²) < 4.78 is 2.03. The molecule has 2 aromatic heterocycles. The van der Waals surface area contributed by atoms with Crippen molar-refractivity contribution in [3.05, 3.63) is 12.2 Å². The Morgan fingerprint density at radius 3 is 2.80 bits per heavy atom. The molecule has 0 aliphatic heterocycles. The predicted molar refractivity (Wildman–Crippen MR) is 75.6 cm³/mol. The second-order valence-corrected chi connectivity index (χ2v) is 5.74. The van der Waals surface area contributed by atoms with E-state index in [2.05, 4.69) is 21.9 Å². The Morgan fingerprint density at radius 1 is 1.35 bits per heavy atom. The average Bonchev–Trinajstić information content (AvgIpc) is 2.85. The minimum Gasteiger partial charge on any atom is -0.382 e. The number of nitriles is 1. The van der Waals surface area contributed by atoms with Crippen LogP contribution in [0.4, 0.5) is 5.82 Å². The van der Waals surface area contributed by atoms with E-state index < -0.39 is 0 Å². The van der Waals surface area contributed by atoms with Crippen molar-refractivity contribution in [3.63, 3.8) is 0 Å². The second-order valence-electron chi connectivity index (χ2n) is 5.74. The Kier molecular flexibility index (Phi) is 3.26. The highest BCUT2D eigenvalue weighted by molar-refractivity contribution is 5.82. The van der Waals surface area contributed by atoms with Crippen molar-refractivity contribution in [2.24, 2.45) is 11.8 Å². The molecule has 0 unspecified atom stereocenters. The first-order valence-electron chi connectivity index (χ1n) is 7.06. The van der Waals surface area contributed by atoms with E-state index in [0.29, 0.717) is 17.4 Å². The molecular weight excluding hydrogens is 252 g/mol. The number of nitrogen functional groups attached to an aromatic ring is 1. The van der Waals surface area contributed by atoms with Crippen LogP contribution >= 0.6 is 0 Å². The van der Waals surface area contributed by atoms with Crippen molar-refractivity contribution in [2.75, 3.05) is 5.73 Å². The zero-order chi connectivity index (χ0) is 14.1. The van der Waals surface area contributed by atoms with E-state index in [9.17, 15) is 0 Å². The highest BCUT2D eigenvalue weighted by Crippen LogP contribution is 2.30. The van der Waals surface area contributed by atoms with Crippen molar-refractivity contribution in [2.45, 2.75) is 39.2 Å². The molecule has 6 heteroatoms. The van der Waals surface area contributed by atoms with Gasteiger partial charge in [-0.2, -0.15) is 15.2 Å². The van der Waals surface area contributed by atoms with Gasteiger partial charge in [0.25, 0.3) is 0 Å². The fourth-order valence-corrected chi connectivity index (χ4v) is 2.99. The molecule has 0 radical (unpaired) electrons. The van der Waals surface area contributed by atoms with E-state index in [1.807, 2.05) is 10.6 Å². The third kappa shape index (κ3) is 2.31. The summed E-state index contributed by atoms with van der Waals surface area (Å²) in [5.74, 6) is 1.93. The Bertz CT molecular complexity index is 660. The molecule has 6 nitrogen and oxygen atoms in total. The van der Waals surface area contributed by atoms with Crippen molar-refractivity contribution < 1.29 is 0 Å². The second kappa shape index (κ2) is 5.08. The van der Waals surface area contributed by atoms with Gasteiger partial charge in [0, 0.05) is 6.54 Å². The summed E-state index contributed by atoms with van der Waals surface area (Å²) in [7, 11) is 0. The fourth-order valence-electron chi connectivity index (χ4n) is 2.99. The molecule has 104 valence electrons. The molecule has 2 N–H and O–H groups in total. The quantitative estimate of drug-likeness (QED) is 0.902. The molecular formula is C14H18N6. The van der Waals surface area contributed by atoms with Gasteiger partial charge in [-0.05, 0) is 24.7 Å². The first-order chi connectivity index (χ1) is 9.67. The lowest BCUT2D eigenvalue weighted by Crippen LogP contribution is -2.17. The normalized spacial score (nSPS) is 22.8. The summed E-state index contributed by atoms with van der Waals surface area (Å²) in [4.78, 5) is 12.3. The Balaban J connectivity index is 1.87. The van der Waals surface area contributed by atoms with Crippen LogP contribution in [-0.4, -0.2) is 19.5 Å². The topological polar surface area (TPSA) is 93.4 Å². The third-order valence-corrected chi connectivity index (χ3v) is 4.19. The van der Waals surface area contributed by atoms with E-state index in [4.69, 9.17) is 11.0 Å². The molecule has 0 atom stereocenters. The maximum absolute atomic E-state index is 8.85. The molecule has 2 aromatic rings. The van der Waals surface area contributed by atoms with Crippen LogP contribution in [0.15, 0.2) is 6.33 Å². The number of nitrogens with two attached hydrogens (primary N) is 1. The predicted octanol–water partition coefficient (Wildman–Crippen LogP) is 2.11. The van der Waals surface area contributed by atoms with E-state index in [0.717, 1.165) is 18.0 Å². The molecule has 1 aliphatic rings. The van der Waals surface area contributed by atoms with E-state index in [-0.39, 0.29) is 5.82 Å². The fraction of sp³-hybridized carbons (Fsp3) is 0.571. The van der Waals surface area contributed by atoms with Gasteiger partial charge in [-0.3, -0.25) is 0 Å². The molecule has 0 amide bonds. The molecule has 1 aliphatic carbocycles. The number of fused-ring (bicyclic) bond motifs is 1. The number of hydrogen-bond donors (Lipinski definition) is 1. The van der Waals surface area contributed by atoms with Crippen molar-refractivity contribution >= 4 is 17.0 Å². The molecule has 0 spiro atoms. The monoisotopic (exact) mass is 270 g/mol. The number of aromatic nitrogens is 4. The van der Waals surface area contributed by atoms with E-state index >= 15 is 0 Å². The molecule has 1 fully saturated rings. The van der Waals surface area contributed by atoms with Gasteiger partial charge in [0.15, 0.2) is 11.5 Å². The van der Waals surface area contributed by atoms with Gasteiger partial charge >= 0.3 is 0 Å². The SMILES string of the molecule is C[C@H]1CC[C@H](Cn2cnc3nc(C#N)nc(N)c32)CC1. The van der Waals surface area contributed by atoms with E-state index in [1.165, 1.54) is 25.7 Å². The molecule has 0 bridgehead atoms. The van der Waals surface area contributed by atoms with Crippen LogP contribution in [0.25, 0.3) is 11.2 Å². The maximum atomic E-state index is 8.85. The number of anilines is 1. The van der Waals surface area contributed by atoms with Crippen LogP contribution in [-0.2, 0) is 6.54 Å². The van der Waals surface area contributed by atoms with Gasteiger partial charge in [-0.1, -0.05) is 19.8 Å². The molecule has 20 heavy (non-hydrogen) atoms. The molecule has 0 saturated heterocycles. The molecule has 2 heterocycles. The van der Waals surface area contributed by atoms with Crippen molar-refractivity contribution in [1.29, 1.82) is 5.26 Å². The number of nitrogens with zero attached hydrogens (tertiary/aromatic N) is 5. The summed E-state index contributed by atoms with van der Waals surface area (Å²) in [6.07, 6.45) is 6.84. The third-order valence-electron chi connectivity index (χ3n) is 4.19. The first-order valence-corrected chi connectivity index (χ1v) is 7.06. The highest BCUT2D eigenvalue weighted by Gasteiger charge is 2.20. The summed E-state index contributed by atoms with van der Waals surface area (Å²) in [6.45, 7) is 3.22. The Hall–Kier alpha value is -2.16. The van der Waals surface area contributed by atoms with Gasteiger partial charge in [0.2, 0.25) is 5.82 Å². The smallest absolute Gasteiger partial charge is 0.236 e. The first kappa shape index (κ1) is 12.9. The van der Waals surface area contributed by atoms with Crippen LogP contribution in [0.3, 0.4) is 0 Å². The maximum Gasteiger partial charge on any atom is 0.236 e. The largest absolute Gasteiger partial charge is 0.382 e. The van der Waals surface area contributed by atoms with Gasteiger partial charge < -0.3 is 10.3 Å². The molecule has 3 rings (SSSR count). The number of rotatable bonds is 2. The summed E-state index contributed by atoms with van der Waals surface area (Å²) >= 11 is 0. The van der Waals surface area contributed by atoms with Crippen molar-refractivity contribution in [3.8, 4) is 6.07 Å². The summed E-state index contributed by atoms with van der Waals surface area (Å²) in [6, 6.07) is 1.90. The Morgan fingerprint density at radius 2 is 2.10 bits per heavy atom. The zero-order valence-electron chi connectivity index (χ0n) is 11.6. The van der Waals surface area contributed by atoms with Crippen LogP contribution in [0.2, 0.25) is 0 Å². The summed E-state index contributed by atoms with van der Waals surface area (Å²) in [5.41, 5.74) is 7.21. The van der Waals surface area contributed by atoms with Crippen LogP contribution < -0.4 is 5.73 Å². The lowest BCUT2D eigenvalue weighted by Gasteiger charge is -2.26. The molecule has 0 aromatic carbocycles. The van der Waals surface area contributed by atoms with Gasteiger partial charge in [0.1, 0.15) is 11.6 Å². The van der Waals surface area contributed by atoms with Gasteiger partial charge in [0.05, 0.1) is 6.33 Å². The lowest BCUT2D eigenvalue weighted by molar-refractivity contribution is 0.266. The van der Waals surface area contributed by atoms with Gasteiger partial charge in [-0.25, -0.2) is 4.98 Å². The Labute approximate surface area is 117 Å². The minimum absolute atomic E-state index is 0.0757.